The van der Waals surface area contributed by atoms with Crippen LogP contribution >= 0.6 is 12.4 Å². The van der Waals surface area contributed by atoms with Gasteiger partial charge in [-0.2, -0.15) is 0 Å². The van der Waals surface area contributed by atoms with Gasteiger partial charge in [0.25, 0.3) is 0 Å². The molecule has 1 rings (SSSR count). The summed E-state index contributed by atoms with van der Waals surface area (Å²) in [6, 6.07) is 7.53. The molecule has 0 aliphatic heterocycles. The Morgan fingerprint density at radius 3 is 2.29 bits per heavy atom. The van der Waals surface area contributed by atoms with Gasteiger partial charge in [-0.25, -0.2) is 0 Å². The van der Waals surface area contributed by atoms with E-state index in [0.29, 0.717) is 0 Å². The number of aryl methyl sites for hydroxylation is 1. The number of nitrogens with one attached hydrogen (secondary N) is 1. The first-order chi connectivity index (χ1) is 6.24. The summed E-state index contributed by atoms with van der Waals surface area (Å²) in [4.78, 5) is 0. The zero-order valence-corrected chi connectivity index (χ0v) is 8.68. The number of benzene rings is 1. The summed E-state index contributed by atoms with van der Waals surface area (Å²) in [5, 5.41) is 15.8. The summed E-state index contributed by atoms with van der Waals surface area (Å²) in [6.07, 6.45) is 1.65. The van der Waals surface area contributed by atoms with Crippen molar-refractivity contribution in [2.45, 2.75) is 12.8 Å². The van der Waals surface area contributed by atoms with Crippen LogP contribution < -0.4 is 5.73 Å². The minimum Gasteiger partial charge on any atom is -0.396 e. The van der Waals surface area contributed by atoms with Crippen LogP contribution in [0.15, 0.2) is 24.3 Å². The van der Waals surface area contributed by atoms with Crippen molar-refractivity contribution in [2.75, 3.05) is 6.61 Å². The molecule has 0 spiro atoms. The van der Waals surface area contributed by atoms with Crippen molar-refractivity contribution in [3.8, 4) is 0 Å². The number of amidine groups is 1. The molecule has 1 aromatic rings. The van der Waals surface area contributed by atoms with Crippen LogP contribution in [-0.2, 0) is 6.42 Å². The maximum Gasteiger partial charge on any atom is 0.122 e. The summed E-state index contributed by atoms with van der Waals surface area (Å²) in [5.74, 6) is 0.0914. The molecule has 78 valence electrons. The highest BCUT2D eigenvalue weighted by Crippen LogP contribution is 2.05. The molecule has 0 unspecified atom stereocenters. The normalized spacial score (nSPS) is 9.21. The van der Waals surface area contributed by atoms with Crippen molar-refractivity contribution >= 4 is 18.2 Å². The standard InChI is InChI=1S/C10H14N2O.ClH/c11-10(12)9-5-3-8(4-6-9)2-1-7-13;/h3-6,13H,1-2,7H2,(H3,11,12);1H. The predicted octanol–water partition coefficient (Wildman–Crippen LogP) is 1.32. The highest BCUT2D eigenvalue weighted by Gasteiger charge is 1.96. The van der Waals surface area contributed by atoms with Crippen LogP contribution in [-0.4, -0.2) is 17.5 Å². The molecule has 0 heterocycles. The van der Waals surface area contributed by atoms with Crippen LogP contribution in [0.3, 0.4) is 0 Å². The van der Waals surface area contributed by atoms with Crippen LogP contribution in [0.1, 0.15) is 17.5 Å². The van der Waals surface area contributed by atoms with Crippen LogP contribution in [0.5, 0.6) is 0 Å². The Kier molecular flexibility index (Phi) is 5.92. The van der Waals surface area contributed by atoms with Gasteiger partial charge >= 0.3 is 0 Å². The first-order valence-electron chi connectivity index (χ1n) is 4.28. The fourth-order valence-corrected chi connectivity index (χ4v) is 1.13. The van der Waals surface area contributed by atoms with Gasteiger partial charge < -0.3 is 10.8 Å². The Balaban J connectivity index is 0.00000169. The van der Waals surface area contributed by atoms with Crippen LogP contribution in [0.2, 0.25) is 0 Å². The van der Waals surface area contributed by atoms with E-state index >= 15 is 0 Å². The number of nitrogens with two attached hydrogens (primary N) is 1. The van der Waals surface area contributed by atoms with Gasteiger partial charge in [0.2, 0.25) is 0 Å². The third-order valence-electron chi connectivity index (χ3n) is 1.89. The van der Waals surface area contributed by atoms with E-state index in [0.717, 1.165) is 18.4 Å². The maximum atomic E-state index is 8.62. The molecule has 1 aromatic carbocycles. The molecule has 0 bridgehead atoms. The van der Waals surface area contributed by atoms with Gasteiger partial charge in [-0.1, -0.05) is 24.3 Å². The quantitative estimate of drug-likeness (QED) is 0.523. The molecular weight excluding hydrogens is 200 g/mol. The van der Waals surface area contributed by atoms with E-state index in [1.165, 1.54) is 5.56 Å². The molecule has 0 radical (unpaired) electrons. The van der Waals surface area contributed by atoms with Crippen molar-refractivity contribution in [1.29, 1.82) is 5.41 Å². The topological polar surface area (TPSA) is 70.1 Å². The molecule has 0 aromatic heterocycles. The fourth-order valence-electron chi connectivity index (χ4n) is 1.13. The van der Waals surface area contributed by atoms with Gasteiger partial charge in [0.05, 0.1) is 0 Å². The summed E-state index contributed by atoms with van der Waals surface area (Å²) >= 11 is 0. The van der Waals surface area contributed by atoms with E-state index in [4.69, 9.17) is 16.2 Å². The molecule has 0 aliphatic rings. The molecule has 0 saturated heterocycles. The number of aliphatic hydroxyl groups is 1. The lowest BCUT2D eigenvalue weighted by Gasteiger charge is -2.01. The molecule has 0 amide bonds. The highest BCUT2D eigenvalue weighted by molar-refractivity contribution is 5.94. The highest BCUT2D eigenvalue weighted by atomic mass is 35.5. The molecule has 3 nitrogen and oxygen atoms in total. The largest absolute Gasteiger partial charge is 0.396 e. The molecule has 4 N–H and O–H groups in total. The Morgan fingerprint density at radius 1 is 1.29 bits per heavy atom. The van der Waals surface area contributed by atoms with E-state index in [-0.39, 0.29) is 24.8 Å². The number of hydrogen-bond donors (Lipinski definition) is 3. The SMILES string of the molecule is Cl.N=C(N)c1ccc(CCCO)cc1. The Hall–Kier alpha value is -1.06. The van der Waals surface area contributed by atoms with Gasteiger partial charge in [0.15, 0.2) is 0 Å². The van der Waals surface area contributed by atoms with Gasteiger partial charge in [0.1, 0.15) is 5.84 Å². The smallest absolute Gasteiger partial charge is 0.122 e. The van der Waals surface area contributed by atoms with E-state index in [1.54, 1.807) is 0 Å². The van der Waals surface area contributed by atoms with Crippen LogP contribution in [0.25, 0.3) is 0 Å². The second-order valence-electron chi connectivity index (χ2n) is 2.94. The van der Waals surface area contributed by atoms with E-state index in [9.17, 15) is 0 Å². The molecule has 4 heteroatoms. The third kappa shape index (κ3) is 3.77. The van der Waals surface area contributed by atoms with Gasteiger partial charge in [0, 0.05) is 12.2 Å². The molecule has 0 aliphatic carbocycles. The molecule has 14 heavy (non-hydrogen) atoms. The summed E-state index contributed by atoms with van der Waals surface area (Å²) in [5.41, 5.74) is 7.22. The van der Waals surface area contributed by atoms with E-state index < -0.39 is 0 Å². The molecular formula is C10H15ClN2O. The monoisotopic (exact) mass is 214 g/mol. The summed E-state index contributed by atoms with van der Waals surface area (Å²) in [7, 11) is 0. The van der Waals surface area contributed by atoms with Crippen LogP contribution in [0, 0.1) is 5.41 Å². The zero-order valence-electron chi connectivity index (χ0n) is 7.86. The zero-order chi connectivity index (χ0) is 9.68. The van der Waals surface area contributed by atoms with Gasteiger partial charge in [-0.3, -0.25) is 5.41 Å². The van der Waals surface area contributed by atoms with Crippen molar-refractivity contribution in [3.05, 3.63) is 35.4 Å². The van der Waals surface area contributed by atoms with Crippen molar-refractivity contribution in [3.63, 3.8) is 0 Å². The average molecular weight is 215 g/mol. The number of nitrogen functional groups attached to an aromatic ring is 1. The molecule has 0 atom stereocenters. The molecule has 0 saturated carbocycles. The summed E-state index contributed by atoms with van der Waals surface area (Å²) in [6.45, 7) is 0.217. The van der Waals surface area contributed by atoms with E-state index in [2.05, 4.69) is 0 Å². The average Bonchev–Trinajstić information content (AvgIpc) is 2.15. The van der Waals surface area contributed by atoms with Gasteiger partial charge in [-0.15, -0.1) is 12.4 Å². The first kappa shape index (κ1) is 12.9. The van der Waals surface area contributed by atoms with Crippen LogP contribution in [0.4, 0.5) is 0 Å². The second kappa shape index (κ2) is 6.40. The third-order valence-corrected chi connectivity index (χ3v) is 1.89. The number of aliphatic hydroxyl groups excluding tert-OH is 1. The predicted molar refractivity (Wildman–Crippen MR) is 60.1 cm³/mol. The summed E-state index contributed by atoms with van der Waals surface area (Å²) < 4.78 is 0. The second-order valence-corrected chi connectivity index (χ2v) is 2.94. The Labute approximate surface area is 89.9 Å². The fraction of sp³-hybridized carbons (Fsp3) is 0.300. The molecule has 0 fully saturated rings. The lowest BCUT2D eigenvalue weighted by molar-refractivity contribution is 0.288. The maximum absolute atomic E-state index is 8.62. The minimum atomic E-state index is 0. The first-order valence-corrected chi connectivity index (χ1v) is 4.28. The number of halogens is 1. The lowest BCUT2D eigenvalue weighted by atomic mass is 10.1. The van der Waals surface area contributed by atoms with Gasteiger partial charge in [-0.05, 0) is 18.4 Å². The Morgan fingerprint density at radius 2 is 1.86 bits per heavy atom. The van der Waals surface area contributed by atoms with Crippen molar-refractivity contribution < 1.29 is 5.11 Å². The Bertz CT molecular complexity index is 285. The van der Waals surface area contributed by atoms with Crippen molar-refractivity contribution in [2.24, 2.45) is 5.73 Å². The van der Waals surface area contributed by atoms with Crippen molar-refractivity contribution in [1.82, 2.24) is 0 Å². The number of rotatable bonds is 4. The number of hydrogen-bond acceptors (Lipinski definition) is 2. The minimum absolute atomic E-state index is 0. The lowest BCUT2D eigenvalue weighted by Crippen LogP contribution is -2.10. The van der Waals surface area contributed by atoms with E-state index in [1.807, 2.05) is 24.3 Å².